The van der Waals surface area contributed by atoms with Crippen LogP contribution in [0.1, 0.15) is 18.4 Å². The maximum absolute atomic E-state index is 12.2. The molecule has 0 fully saturated rings. The third-order valence-electron chi connectivity index (χ3n) is 1.65. The van der Waals surface area contributed by atoms with E-state index >= 15 is 0 Å². The standard InChI is InChI=1S/C9H10BrF/c1-7(6-11)8-3-2-4-9(10)5-8/h2-5,7H,6H2,1H3. The van der Waals surface area contributed by atoms with Gasteiger partial charge in [0.05, 0.1) is 6.67 Å². The van der Waals surface area contributed by atoms with Gasteiger partial charge in [0, 0.05) is 10.4 Å². The van der Waals surface area contributed by atoms with Crippen LogP contribution in [0, 0.1) is 0 Å². The Morgan fingerprint density at radius 1 is 1.55 bits per heavy atom. The van der Waals surface area contributed by atoms with E-state index in [0.717, 1.165) is 10.0 Å². The molecule has 0 heterocycles. The van der Waals surface area contributed by atoms with Crippen molar-refractivity contribution < 1.29 is 4.39 Å². The molecule has 0 aliphatic rings. The predicted octanol–water partition coefficient (Wildman–Crippen LogP) is 3.52. The highest BCUT2D eigenvalue weighted by atomic mass is 79.9. The first kappa shape index (κ1) is 8.72. The van der Waals surface area contributed by atoms with Crippen LogP contribution in [0.4, 0.5) is 4.39 Å². The van der Waals surface area contributed by atoms with Crippen LogP contribution >= 0.6 is 15.9 Å². The highest BCUT2D eigenvalue weighted by Crippen LogP contribution is 2.19. The second-order valence-corrected chi connectivity index (χ2v) is 3.53. The van der Waals surface area contributed by atoms with Crippen molar-refractivity contribution in [2.45, 2.75) is 12.8 Å². The third-order valence-corrected chi connectivity index (χ3v) is 2.14. The van der Waals surface area contributed by atoms with E-state index in [1.807, 2.05) is 31.2 Å². The van der Waals surface area contributed by atoms with Gasteiger partial charge in [-0.2, -0.15) is 0 Å². The lowest BCUT2D eigenvalue weighted by atomic mass is 10.0. The molecule has 0 bridgehead atoms. The van der Waals surface area contributed by atoms with Gasteiger partial charge < -0.3 is 0 Å². The minimum Gasteiger partial charge on any atom is -0.250 e. The quantitative estimate of drug-likeness (QED) is 0.710. The average Bonchev–Trinajstić information content (AvgIpc) is 2.03. The molecular weight excluding hydrogens is 207 g/mol. The van der Waals surface area contributed by atoms with Crippen LogP contribution in [0.3, 0.4) is 0 Å². The van der Waals surface area contributed by atoms with Crippen molar-refractivity contribution in [3.8, 4) is 0 Å². The van der Waals surface area contributed by atoms with E-state index < -0.39 is 0 Å². The highest BCUT2D eigenvalue weighted by molar-refractivity contribution is 9.10. The van der Waals surface area contributed by atoms with Crippen LogP contribution in [0.25, 0.3) is 0 Å². The lowest BCUT2D eigenvalue weighted by molar-refractivity contribution is 0.447. The number of alkyl halides is 1. The molecule has 2 heteroatoms. The van der Waals surface area contributed by atoms with Crippen LogP contribution in [0.5, 0.6) is 0 Å². The Balaban J connectivity index is 2.86. The summed E-state index contributed by atoms with van der Waals surface area (Å²) in [7, 11) is 0. The number of halogens is 2. The molecule has 0 nitrogen and oxygen atoms in total. The van der Waals surface area contributed by atoms with Gasteiger partial charge in [0.2, 0.25) is 0 Å². The third kappa shape index (κ3) is 2.29. The molecule has 1 rings (SSSR count). The molecule has 11 heavy (non-hydrogen) atoms. The lowest BCUT2D eigenvalue weighted by Crippen LogP contribution is -1.94. The summed E-state index contributed by atoms with van der Waals surface area (Å²) >= 11 is 3.34. The van der Waals surface area contributed by atoms with E-state index in [2.05, 4.69) is 15.9 Å². The molecule has 0 radical (unpaired) electrons. The summed E-state index contributed by atoms with van der Waals surface area (Å²) < 4.78 is 13.2. The Labute approximate surface area is 74.6 Å². The van der Waals surface area contributed by atoms with E-state index in [0.29, 0.717) is 0 Å². The molecule has 60 valence electrons. The number of benzene rings is 1. The first-order valence-corrected chi connectivity index (χ1v) is 4.34. The molecule has 0 aromatic heterocycles. The van der Waals surface area contributed by atoms with Crippen molar-refractivity contribution in [1.29, 1.82) is 0 Å². The Bertz CT molecular complexity index is 235. The SMILES string of the molecule is CC(CF)c1cccc(Br)c1. The maximum atomic E-state index is 12.2. The van der Waals surface area contributed by atoms with Gasteiger partial charge in [0.25, 0.3) is 0 Å². The summed E-state index contributed by atoms with van der Waals surface area (Å²) in [5, 5.41) is 0. The largest absolute Gasteiger partial charge is 0.250 e. The van der Waals surface area contributed by atoms with Gasteiger partial charge in [0.1, 0.15) is 0 Å². The molecule has 1 aromatic carbocycles. The van der Waals surface area contributed by atoms with Crippen molar-refractivity contribution in [3.05, 3.63) is 34.3 Å². The zero-order valence-electron chi connectivity index (χ0n) is 6.35. The molecule has 1 atom stereocenters. The van der Waals surface area contributed by atoms with Gasteiger partial charge in [0.15, 0.2) is 0 Å². The molecule has 0 saturated heterocycles. The fraction of sp³-hybridized carbons (Fsp3) is 0.333. The van der Waals surface area contributed by atoms with Crippen molar-refractivity contribution >= 4 is 15.9 Å². The van der Waals surface area contributed by atoms with Crippen LogP contribution < -0.4 is 0 Å². The Morgan fingerprint density at radius 2 is 2.27 bits per heavy atom. The minimum absolute atomic E-state index is 0.00694. The first-order chi connectivity index (χ1) is 5.24. The first-order valence-electron chi connectivity index (χ1n) is 3.55. The summed E-state index contributed by atoms with van der Waals surface area (Å²) in [5.74, 6) is 0.00694. The smallest absolute Gasteiger partial charge is 0.0960 e. The van der Waals surface area contributed by atoms with Crippen molar-refractivity contribution in [2.24, 2.45) is 0 Å². The van der Waals surface area contributed by atoms with Gasteiger partial charge in [-0.25, -0.2) is 0 Å². The van der Waals surface area contributed by atoms with Crippen molar-refractivity contribution in [3.63, 3.8) is 0 Å². The molecule has 1 aromatic rings. The monoisotopic (exact) mass is 216 g/mol. The summed E-state index contributed by atoms with van der Waals surface area (Å²) in [6, 6.07) is 7.75. The maximum Gasteiger partial charge on any atom is 0.0960 e. The van der Waals surface area contributed by atoms with Crippen molar-refractivity contribution in [2.75, 3.05) is 6.67 Å². The predicted molar refractivity (Wildman–Crippen MR) is 48.5 cm³/mol. The lowest BCUT2D eigenvalue weighted by Gasteiger charge is -2.06. The second kappa shape index (κ2) is 3.86. The normalized spacial score (nSPS) is 13.0. The number of rotatable bonds is 2. The topological polar surface area (TPSA) is 0 Å². The molecule has 0 aliphatic carbocycles. The second-order valence-electron chi connectivity index (χ2n) is 2.61. The van der Waals surface area contributed by atoms with Gasteiger partial charge >= 0.3 is 0 Å². The Hall–Kier alpha value is -0.370. The summed E-state index contributed by atoms with van der Waals surface area (Å²) in [6.45, 7) is 1.58. The van der Waals surface area contributed by atoms with Crippen molar-refractivity contribution in [1.82, 2.24) is 0 Å². The van der Waals surface area contributed by atoms with Crippen LogP contribution in [-0.2, 0) is 0 Å². The summed E-state index contributed by atoms with van der Waals surface area (Å²) in [4.78, 5) is 0. The van der Waals surface area contributed by atoms with E-state index in [9.17, 15) is 4.39 Å². The molecule has 0 amide bonds. The van der Waals surface area contributed by atoms with Gasteiger partial charge in [-0.3, -0.25) is 4.39 Å². The zero-order valence-corrected chi connectivity index (χ0v) is 7.94. The van der Waals surface area contributed by atoms with Gasteiger partial charge in [-0.15, -0.1) is 0 Å². The fourth-order valence-electron chi connectivity index (χ4n) is 0.902. The van der Waals surface area contributed by atoms with E-state index in [-0.39, 0.29) is 12.6 Å². The van der Waals surface area contributed by atoms with E-state index in [4.69, 9.17) is 0 Å². The molecule has 0 N–H and O–H groups in total. The Morgan fingerprint density at radius 3 is 2.82 bits per heavy atom. The van der Waals surface area contributed by atoms with Crippen LogP contribution in [0.15, 0.2) is 28.7 Å². The Kier molecular flexibility index (Phi) is 3.06. The van der Waals surface area contributed by atoms with Gasteiger partial charge in [-0.1, -0.05) is 35.0 Å². The van der Waals surface area contributed by atoms with E-state index in [1.165, 1.54) is 0 Å². The molecule has 0 spiro atoms. The van der Waals surface area contributed by atoms with Crippen LogP contribution in [0.2, 0.25) is 0 Å². The fourth-order valence-corrected chi connectivity index (χ4v) is 1.32. The molecule has 0 saturated carbocycles. The zero-order chi connectivity index (χ0) is 8.27. The average molecular weight is 217 g/mol. The van der Waals surface area contributed by atoms with Crippen LogP contribution in [-0.4, -0.2) is 6.67 Å². The van der Waals surface area contributed by atoms with Gasteiger partial charge in [-0.05, 0) is 17.7 Å². The minimum atomic E-state index is -0.295. The molecule has 1 unspecified atom stereocenters. The number of hydrogen-bond acceptors (Lipinski definition) is 0. The van der Waals surface area contributed by atoms with E-state index in [1.54, 1.807) is 0 Å². The molecule has 0 aliphatic heterocycles. The highest BCUT2D eigenvalue weighted by Gasteiger charge is 2.03. The summed E-state index contributed by atoms with van der Waals surface area (Å²) in [5.41, 5.74) is 1.04. The number of hydrogen-bond donors (Lipinski definition) is 0. The summed E-state index contributed by atoms with van der Waals surface area (Å²) in [6.07, 6.45) is 0. The molecular formula is C9H10BrF.